The van der Waals surface area contributed by atoms with E-state index in [4.69, 9.17) is 5.11 Å². The van der Waals surface area contributed by atoms with Gasteiger partial charge in [0.25, 0.3) is 5.91 Å². The van der Waals surface area contributed by atoms with Crippen LogP contribution in [0, 0.1) is 0 Å². The standard InChI is InChI=1S/C12H13Br2NO3S/c1-19-3-2-10(12(17)18)15-11(16)7-4-8(13)6-9(14)5-7/h4-6,10H,2-3H2,1H3,(H,15,16)(H,17,18). The van der Waals surface area contributed by atoms with Gasteiger partial charge in [0, 0.05) is 14.5 Å². The molecule has 0 aliphatic heterocycles. The molecule has 2 N–H and O–H groups in total. The van der Waals surface area contributed by atoms with Gasteiger partial charge in [-0.2, -0.15) is 11.8 Å². The van der Waals surface area contributed by atoms with Crippen LogP contribution in [-0.2, 0) is 4.79 Å². The monoisotopic (exact) mass is 409 g/mol. The number of amides is 1. The summed E-state index contributed by atoms with van der Waals surface area (Å²) < 4.78 is 1.51. The molecule has 1 aromatic rings. The first kappa shape index (κ1) is 16.5. The Morgan fingerprint density at radius 3 is 2.37 bits per heavy atom. The topological polar surface area (TPSA) is 66.4 Å². The first-order valence-corrected chi connectivity index (χ1v) is 8.40. The highest BCUT2D eigenvalue weighted by atomic mass is 79.9. The molecule has 1 rings (SSSR count). The minimum Gasteiger partial charge on any atom is -0.480 e. The van der Waals surface area contributed by atoms with Crippen molar-refractivity contribution < 1.29 is 14.7 Å². The second-order valence-corrected chi connectivity index (χ2v) is 6.62. The molecule has 4 nitrogen and oxygen atoms in total. The molecule has 0 saturated carbocycles. The molecule has 7 heteroatoms. The smallest absolute Gasteiger partial charge is 0.326 e. The summed E-state index contributed by atoms with van der Waals surface area (Å²) in [5.74, 6) is -0.730. The highest BCUT2D eigenvalue weighted by Crippen LogP contribution is 2.20. The van der Waals surface area contributed by atoms with E-state index in [0.717, 1.165) is 8.95 Å². The zero-order valence-corrected chi connectivity index (χ0v) is 14.1. The Morgan fingerprint density at radius 2 is 1.89 bits per heavy atom. The van der Waals surface area contributed by atoms with Crippen molar-refractivity contribution in [2.24, 2.45) is 0 Å². The van der Waals surface area contributed by atoms with E-state index in [-0.39, 0.29) is 0 Å². The van der Waals surface area contributed by atoms with Gasteiger partial charge in [-0.1, -0.05) is 31.9 Å². The Balaban J connectivity index is 2.78. The summed E-state index contributed by atoms with van der Waals surface area (Å²) in [6, 6.07) is 4.23. The molecule has 0 saturated heterocycles. The van der Waals surface area contributed by atoms with Crippen LogP contribution in [0.15, 0.2) is 27.1 Å². The molecule has 0 aromatic heterocycles. The van der Waals surface area contributed by atoms with Gasteiger partial charge in [-0.05, 0) is 36.6 Å². The molecular weight excluding hydrogens is 398 g/mol. The Bertz CT molecular complexity index is 462. The Labute approximate surface area is 132 Å². The van der Waals surface area contributed by atoms with Crippen molar-refractivity contribution >= 4 is 55.5 Å². The molecule has 19 heavy (non-hydrogen) atoms. The van der Waals surface area contributed by atoms with Crippen molar-refractivity contribution in [3.8, 4) is 0 Å². The van der Waals surface area contributed by atoms with Gasteiger partial charge in [0.15, 0.2) is 0 Å². The zero-order chi connectivity index (χ0) is 14.4. The quantitative estimate of drug-likeness (QED) is 0.755. The third-order valence-electron chi connectivity index (χ3n) is 2.34. The van der Waals surface area contributed by atoms with E-state index in [2.05, 4.69) is 37.2 Å². The van der Waals surface area contributed by atoms with E-state index in [1.165, 1.54) is 0 Å². The van der Waals surface area contributed by atoms with E-state index in [1.54, 1.807) is 30.0 Å². The van der Waals surface area contributed by atoms with Crippen molar-refractivity contribution in [3.63, 3.8) is 0 Å². The van der Waals surface area contributed by atoms with Crippen molar-refractivity contribution in [2.75, 3.05) is 12.0 Å². The van der Waals surface area contributed by atoms with Crippen LogP contribution in [0.4, 0.5) is 0 Å². The number of benzene rings is 1. The first-order valence-electron chi connectivity index (χ1n) is 5.42. The number of nitrogens with one attached hydrogen (secondary N) is 1. The summed E-state index contributed by atoms with van der Waals surface area (Å²) in [4.78, 5) is 23.1. The number of hydrogen-bond acceptors (Lipinski definition) is 3. The average Bonchev–Trinajstić information content (AvgIpc) is 2.32. The van der Waals surface area contributed by atoms with Gasteiger partial charge in [-0.25, -0.2) is 4.79 Å². The predicted molar refractivity (Wildman–Crippen MR) is 83.7 cm³/mol. The molecule has 0 bridgehead atoms. The number of carboxylic acids is 1. The van der Waals surface area contributed by atoms with Gasteiger partial charge >= 0.3 is 5.97 Å². The third-order valence-corrected chi connectivity index (χ3v) is 3.90. The largest absolute Gasteiger partial charge is 0.480 e. The lowest BCUT2D eigenvalue weighted by Gasteiger charge is -2.14. The molecule has 0 heterocycles. The Morgan fingerprint density at radius 1 is 1.32 bits per heavy atom. The van der Waals surface area contributed by atoms with E-state index in [0.29, 0.717) is 17.7 Å². The number of hydrogen-bond donors (Lipinski definition) is 2. The minimum atomic E-state index is -1.02. The fourth-order valence-electron chi connectivity index (χ4n) is 1.42. The lowest BCUT2D eigenvalue weighted by atomic mass is 10.1. The lowest BCUT2D eigenvalue weighted by molar-refractivity contribution is -0.139. The summed E-state index contributed by atoms with van der Waals surface area (Å²) in [7, 11) is 0. The summed E-state index contributed by atoms with van der Waals surface area (Å²) in [5.41, 5.74) is 0.414. The summed E-state index contributed by atoms with van der Waals surface area (Å²) in [6.45, 7) is 0. The van der Waals surface area contributed by atoms with E-state index in [1.807, 2.05) is 6.26 Å². The van der Waals surface area contributed by atoms with Crippen LogP contribution < -0.4 is 5.32 Å². The molecule has 0 aliphatic rings. The van der Waals surface area contributed by atoms with Crippen molar-refractivity contribution in [3.05, 3.63) is 32.7 Å². The number of carbonyl (C=O) groups excluding carboxylic acids is 1. The molecule has 0 aliphatic carbocycles. The van der Waals surface area contributed by atoms with Crippen LogP contribution in [0.3, 0.4) is 0 Å². The van der Waals surface area contributed by atoms with Crippen LogP contribution in [0.2, 0.25) is 0 Å². The van der Waals surface area contributed by atoms with Crippen LogP contribution >= 0.6 is 43.6 Å². The number of carboxylic acid groups (broad SMARTS) is 1. The molecule has 1 amide bonds. The first-order chi connectivity index (χ1) is 8.93. The van der Waals surface area contributed by atoms with Gasteiger partial charge in [0.2, 0.25) is 0 Å². The van der Waals surface area contributed by atoms with Crippen LogP contribution in [0.5, 0.6) is 0 Å². The van der Waals surface area contributed by atoms with Crippen LogP contribution in [-0.4, -0.2) is 35.0 Å². The maximum absolute atomic E-state index is 12.0. The van der Waals surface area contributed by atoms with Gasteiger partial charge in [-0.15, -0.1) is 0 Å². The maximum Gasteiger partial charge on any atom is 0.326 e. The predicted octanol–water partition coefficient (Wildman–Crippen LogP) is 3.15. The average molecular weight is 411 g/mol. The number of halogens is 2. The van der Waals surface area contributed by atoms with E-state index < -0.39 is 17.9 Å². The number of carbonyl (C=O) groups is 2. The number of thioether (sulfide) groups is 1. The minimum absolute atomic E-state index is 0.393. The Hall–Kier alpha value is -0.530. The Kier molecular flexibility index (Phi) is 6.88. The van der Waals surface area contributed by atoms with Gasteiger partial charge in [0.1, 0.15) is 6.04 Å². The zero-order valence-electron chi connectivity index (χ0n) is 10.2. The molecule has 1 atom stereocenters. The fraction of sp³-hybridized carbons (Fsp3) is 0.333. The summed E-state index contributed by atoms with van der Waals surface area (Å²) in [5, 5.41) is 11.6. The second kappa shape index (κ2) is 7.91. The SMILES string of the molecule is CSCCC(NC(=O)c1cc(Br)cc(Br)c1)C(=O)O. The molecule has 1 unspecified atom stereocenters. The number of aliphatic carboxylic acids is 1. The maximum atomic E-state index is 12.0. The van der Waals surface area contributed by atoms with Crippen molar-refractivity contribution in [1.29, 1.82) is 0 Å². The summed E-state index contributed by atoms with van der Waals surface area (Å²) >= 11 is 8.12. The van der Waals surface area contributed by atoms with Gasteiger partial charge < -0.3 is 10.4 Å². The molecule has 0 spiro atoms. The van der Waals surface area contributed by atoms with Gasteiger partial charge in [0.05, 0.1) is 0 Å². The lowest BCUT2D eigenvalue weighted by Crippen LogP contribution is -2.41. The number of rotatable bonds is 6. The fourth-order valence-corrected chi connectivity index (χ4v) is 3.18. The van der Waals surface area contributed by atoms with Crippen LogP contribution in [0.25, 0.3) is 0 Å². The molecule has 0 radical (unpaired) electrons. The molecule has 104 valence electrons. The second-order valence-electron chi connectivity index (χ2n) is 3.80. The van der Waals surface area contributed by atoms with Crippen LogP contribution in [0.1, 0.15) is 16.8 Å². The molecule has 1 aromatic carbocycles. The molecular formula is C12H13Br2NO3S. The normalized spacial score (nSPS) is 11.9. The van der Waals surface area contributed by atoms with E-state index >= 15 is 0 Å². The van der Waals surface area contributed by atoms with Crippen molar-refractivity contribution in [2.45, 2.75) is 12.5 Å². The third kappa shape index (κ3) is 5.54. The highest BCUT2D eigenvalue weighted by molar-refractivity contribution is 9.11. The van der Waals surface area contributed by atoms with Gasteiger partial charge in [-0.3, -0.25) is 4.79 Å². The summed E-state index contributed by atoms with van der Waals surface area (Å²) in [6.07, 6.45) is 2.30. The highest BCUT2D eigenvalue weighted by Gasteiger charge is 2.20. The van der Waals surface area contributed by atoms with E-state index in [9.17, 15) is 9.59 Å². The molecule has 0 fully saturated rings. The van der Waals surface area contributed by atoms with Crippen molar-refractivity contribution in [1.82, 2.24) is 5.32 Å².